The second-order valence-corrected chi connectivity index (χ2v) is 10.6. The highest BCUT2D eigenvalue weighted by Crippen LogP contribution is 2.37. The number of aromatic nitrogens is 2. The molecule has 1 aliphatic heterocycles. The number of fused-ring (bicyclic) bond motifs is 2. The molecule has 2 fully saturated rings. The molecule has 0 atom stereocenters. The van der Waals surface area contributed by atoms with Gasteiger partial charge in [-0.3, -0.25) is 14.6 Å². The lowest BCUT2D eigenvalue weighted by Gasteiger charge is -2.13. The van der Waals surface area contributed by atoms with E-state index in [-0.39, 0.29) is 11.8 Å². The van der Waals surface area contributed by atoms with Crippen molar-refractivity contribution in [1.29, 1.82) is 0 Å². The highest BCUT2D eigenvalue weighted by Gasteiger charge is 2.25. The Morgan fingerprint density at radius 2 is 1.97 bits per heavy atom. The van der Waals surface area contributed by atoms with Gasteiger partial charge in [0.25, 0.3) is 11.8 Å². The molecular weight excluding hydrogens is 460 g/mol. The van der Waals surface area contributed by atoms with E-state index in [9.17, 15) is 9.59 Å². The molecule has 4 aromatic rings. The molecular formula is C27H28N4O3S. The van der Waals surface area contributed by atoms with Crippen LogP contribution in [0.15, 0.2) is 36.5 Å². The SMILES string of the molecule is Cc1c(C(=O)NCC2CC2)c2ccc(Oc3ccnc4cc(C(=O)N5CCCC5)sc34)cc2n1C. The summed E-state index contributed by atoms with van der Waals surface area (Å²) in [5.74, 6) is 2.04. The van der Waals surface area contributed by atoms with Crippen molar-refractivity contribution in [2.45, 2.75) is 32.6 Å². The summed E-state index contributed by atoms with van der Waals surface area (Å²) >= 11 is 1.43. The molecule has 180 valence electrons. The third kappa shape index (κ3) is 4.05. The van der Waals surface area contributed by atoms with Gasteiger partial charge < -0.3 is 19.5 Å². The summed E-state index contributed by atoms with van der Waals surface area (Å²) in [6.45, 7) is 4.36. The predicted octanol–water partition coefficient (Wildman–Crippen LogP) is 5.26. The molecule has 0 bridgehead atoms. The molecule has 35 heavy (non-hydrogen) atoms. The molecule has 1 saturated heterocycles. The zero-order chi connectivity index (χ0) is 24.1. The number of nitrogens with zero attached hydrogens (tertiary/aromatic N) is 3. The van der Waals surface area contributed by atoms with Crippen molar-refractivity contribution < 1.29 is 14.3 Å². The Morgan fingerprint density at radius 1 is 1.17 bits per heavy atom. The Balaban J connectivity index is 1.30. The largest absolute Gasteiger partial charge is 0.456 e. The molecule has 6 rings (SSSR count). The first-order chi connectivity index (χ1) is 17.0. The van der Waals surface area contributed by atoms with Gasteiger partial charge in [0.05, 0.1) is 26.2 Å². The van der Waals surface area contributed by atoms with E-state index in [2.05, 4.69) is 10.3 Å². The van der Waals surface area contributed by atoms with Crippen molar-refractivity contribution in [2.75, 3.05) is 19.6 Å². The van der Waals surface area contributed by atoms with Gasteiger partial charge in [-0.2, -0.15) is 0 Å². The minimum Gasteiger partial charge on any atom is -0.456 e. The Morgan fingerprint density at radius 3 is 2.74 bits per heavy atom. The van der Waals surface area contributed by atoms with Crippen LogP contribution in [0.5, 0.6) is 11.5 Å². The van der Waals surface area contributed by atoms with Gasteiger partial charge in [0.15, 0.2) is 0 Å². The summed E-state index contributed by atoms with van der Waals surface area (Å²) < 4.78 is 9.20. The summed E-state index contributed by atoms with van der Waals surface area (Å²) in [6, 6.07) is 9.52. The third-order valence-electron chi connectivity index (χ3n) is 7.15. The van der Waals surface area contributed by atoms with Crippen molar-refractivity contribution in [2.24, 2.45) is 13.0 Å². The molecule has 3 aromatic heterocycles. The summed E-state index contributed by atoms with van der Waals surface area (Å²) in [5.41, 5.74) is 3.36. The van der Waals surface area contributed by atoms with Crippen LogP contribution in [0.4, 0.5) is 0 Å². The van der Waals surface area contributed by atoms with Crippen LogP contribution in [-0.2, 0) is 7.05 Å². The van der Waals surface area contributed by atoms with Crippen molar-refractivity contribution in [1.82, 2.24) is 19.8 Å². The number of carbonyl (C=O) groups excluding carboxylic acids is 2. The van der Waals surface area contributed by atoms with E-state index >= 15 is 0 Å². The fraction of sp³-hybridized carbons (Fsp3) is 0.370. The molecule has 0 unspecified atom stereocenters. The second-order valence-electron chi connectivity index (χ2n) is 9.59. The van der Waals surface area contributed by atoms with Gasteiger partial charge in [-0.15, -0.1) is 11.3 Å². The number of likely N-dealkylation sites (tertiary alicyclic amines) is 1. The maximum Gasteiger partial charge on any atom is 0.264 e. The zero-order valence-electron chi connectivity index (χ0n) is 20.0. The Bertz CT molecular complexity index is 1460. The van der Waals surface area contributed by atoms with Crippen LogP contribution in [-0.4, -0.2) is 45.9 Å². The number of ether oxygens (including phenoxy) is 1. The number of benzene rings is 1. The number of nitrogens with one attached hydrogen (secondary N) is 1. The average molecular weight is 489 g/mol. The van der Waals surface area contributed by atoms with E-state index in [1.54, 1.807) is 6.20 Å². The minimum absolute atomic E-state index is 0.0155. The van der Waals surface area contributed by atoms with Crippen LogP contribution in [0.1, 0.15) is 51.4 Å². The molecule has 8 heteroatoms. The van der Waals surface area contributed by atoms with Gasteiger partial charge in [-0.05, 0) is 56.7 Å². The highest BCUT2D eigenvalue weighted by atomic mass is 32.1. The molecule has 7 nitrogen and oxygen atoms in total. The fourth-order valence-electron chi connectivity index (χ4n) is 4.84. The van der Waals surface area contributed by atoms with Gasteiger partial charge in [-0.1, -0.05) is 0 Å². The van der Waals surface area contributed by atoms with Crippen molar-refractivity contribution >= 4 is 44.3 Å². The number of hydrogen-bond acceptors (Lipinski definition) is 5. The first kappa shape index (κ1) is 22.1. The maximum atomic E-state index is 12.9. The monoisotopic (exact) mass is 488 g/mol. The quantitative estimate of drug-likeness (QED) is 0.401. The van der Waals surface area contributed by atoms with Crippen LogP contribution in [0.3, 0.4) is 0 Å². The van der Waals surface area contributed by atoms with Crippen LogP contribution in [0, 0.1) is 12.8 Å². The van der Waals surface area contributed by atoms with Crippen molar-refractivity contribution in [3.05, 3.63) is 52.7 Å². The number of pyridine rings is 1. The van der Waals surface area contributed by atoms with Crippen LogP contribution in [0.2, 0.25) is 0 Å². The second kappa shape index (κ2) is 8.68. The van der Waals surface area contributed by atoms with Crippen LogP contribution < -0.4 is 10.1 Å². The lowest BCUT2D eigenvalue weighted by atomic mass is 10.1. The normalized spacial score (nSPS) is 15.8. The van der Waals surface area contributed by atoms with Gasteiger partial charge in [0.2, 0.25) is 0 Å². The zero-order valence-corrected chi connectivity index (χ0v) is 20.8. The number of carbonyl (C=O) groups is 2. The third-order valence-corrected chi connectivity index (χ3v) is 8.27. The van der Waals surface area contributed by atoms with Gasteiger partial charge in [0, 0.05) is 56.1 Å². The molecule has 1 saturated carbocycles. The first-order valence-electron chi connectivity index (χ1n) is 12.2. The fourth-order valence-corrected chi connectivity index (χ4v) is 5.88. The molecule has 1 aromatic carbocycles. The minimum atomic E-state index is -0.0155. The smallest absolute Gasteiger partial charge is 0.264 e. The maximum absolute atomic E-state index is 12.9. The lowest BCUT2D eigenvalue weighted by Crippen LogP contribution is -2.26. The number of hydrogen-bond donors (Lipinski definition) is 1. The predicted molar refractivity (Wildman–Crippen MR) is 138 cm³/mol. The molecule has 2 aliphatic rings. The Labute approximate surface area is 207 Å². The average Bonchev–Trinajstić information content (AvgIpc) is 3.25. The van der Waals surface area contributed by atoms with E-state index in [1.165, 1.54) is 24.2 Å². The van der Waals surface area contributed by atoms with E-state index < -0.39 is 0 Å². The van der Waals surface area contributed by atoms with Crippen molar-refractivity contribution in [3.8, 4) is 11.5 Å². The van der Waals surface area contributed by atoms with E-state index in [1.807, 2.05) is 53.8 Å². The summed E-state index contributed by atoms with van der Waals surface area (Å²) in [4.78, 5) is 32.9. The molecule has 0 radical (unpaired) electrons. The number of aryl methyl sites for hydroxylation is 1. The number of thiophene rings is 1. The summed E-state index contributed by atoms with van der Waals surface area (Å²) in [7, 11) is 1.97. The van der Waals surface area contributed by atoms with E-state index in [4.69, 9.17) is 4.74 Å². The van der Waals surface area contributed by atoms with Gasteiger partial charge in [0.1, 0.15) is 11.5 Å². The van der Waals surface area contributed by atoms with Crippen LogP contribution >= 0.6 is 11.3 Å². The van der Waals surface area contributed by atoms with E-state index in [0.29, 0.717) is 22.3 Å². The molecule has 1 aliphatic carbocycles. The van der Waals surface area contributed by atoms with Gasteiger partial charge in [-0.25, -0.2) is 0 Å². The topological polar surface area (TPSA) is 76.5 Å². The number of rotatable bonds is 6. The first-order valence-corrected chi connectivity index (χ1v) is 13.0. The standard InChI is InChI=1S/C27H28N4O3S/c1-16-24(26(32)29-15-17-5-6-17)19-8-7-18(13-21(19)30(16)2)34-22-9-10-28-20-14-23(35-25(20)22)27(33)31-11-3-4-12-31/h7-10,13-14,17H,3-6,11-12,15H2,1-2H3,(H,29,32). The van der Waals surface area contributed by atoms with Crippen LogP contribution in [0.25, 0.3) is 21.1 Å². The Kier molecular flexibility index (Phi) is 5.48. The molecule has 1 N–H and O–H groups in total. The molecule has 2 amide bonds. The van der Waals surface area contributed by atoms with Gasteiger partial charge >= 0.3 is 0 Å². The van der Waals surface area contributed by atoms with E-state index in [0.717, 1.165) is 64.9 Å². The highest BCUT2D eigenvalue weighted by molar-refractivity contribution is 7.21. The van der Waals surface area contributed by atoms with Crippen molar-refractivity contribution in [3.63, 3.8) is 0 Å². The number of amides is 2. The molecule has 0 spiro atoms. The summed E-state index contributed by atoms with van der Waals surface area (Å²) in [6.07, 6.45) is 6.25. The molecule has 4 heterocycles. The lowest BCUT2D eigenvalue weighted by molar-refractivity contribution is 0.0797. The Hall–Kier alpha value is -3.39. The summed E-state index contributed by atoms with van der Waals surface area (Å²) in [5, 5.41) is 4.01.